The molecule has 0 amide bonds. The van der Waals surface area contributed by atoms with Gasteiger partial charge in [0.25, 0.3) is 15.9 Å². The van der Waals surface area contributed by atoms with E-state index in [9.17, 15) is 17.6 Å². The zero-order valence-electron chi connectivity index (χ0n) is 17.7. The minimum atomic E-state index is -3.85. The predicted octanol–water partition coefficient (Wildman–Crippen LogP) is 3.98. The van der Waals surface area contributed by atoms with Crippen molar-refractivity contribution in [3.8, 4) is 11.4 Å². The van der Waals surface area contributed by atoms with Crippen LogP contribution in [-0.4, -0.2) is 31.1 Å². The largest absolute Gasteiger partial charge is 0.452 e. The van der Waals surface area contributed by atoms with E-state index in [-0.39, 0.29) is 34.6 Å². The fourth-order valence-corrected chi connectivity index (χ4v) is 5.26. The molecule has 34 heavy (non-hydrogen) atoms. The molecule has 0 unspecified atom stereocenters. The Morgan fingerprint density at radius 3 is 2.68 bits per heavy atom. The normalized spacial score (nSPS) is 13.0. The Kier molecular flexibility index (Phi) is 5.58. The van der Waals surface area contributed by atoms with Crippen molar-refractivity contribution in [1.29, 1.82) is 0 Å². The molecule has 10 heteroatoms. The molecule has 0 N–H and O–H groups in total. The number of anilines is 1. The first-order valence-electron chi connectivity index (χ1n) is 10.4. The van der Waals surface area contributed by atoms with E-state index < -0.39 is 16.0 Å². The Bertz CT molecular complexity index is 1470. The summed E-state index contributed by atoms with van der Waals surface area (Å²) in [5.41, 5.74) is 2.22. The average molecular weight is 479 g/mol. The van der Waals surface area contributed by atoms with Crippen molar-refractivity contribution in [2.24, 2.45) is 0 Å². The second kappa shape index (κ2) is 8.71. The highest BCUT2D eigenvalue weighted by atomic mass is 32.2. The van der Waals surface area contributed by atoms with Gasteiger partial charge in [0.05, 0.1) is 16.1 Å². The zero-order valence-corrected chi connectivity index (χ0v) is 18.5. The number of hydrogen-bond acceptors (Lipinski definition) is 7. The number of benzene rings is 3. The molecule has 0 saturated carbocycles. The predicted molar refractivity (Wildman–Crippen MR) is 120 cm³/mol. The third-order valence-electron chi connectivity index (χ3n) is 5.40. The molecule has 0 atom stereocenters. The van der Waals surface area contributed by atoms with E-state index >= 15 is 0 Å². The summed E-state index contributed by atoms with van der Waals surface area (Å²) in [6.45, 7) is 0.0351. The number of aromatic nitrogens is 2. The summed E-state index contributed by atoms with van der Waals surface area (Å²) in [5.74, 6) is -0.852. The maximum Gasteiger partial charge on any atom is 0.338 e. The van der Waals surface area contributed by atoms with E-state index in [0.717, 1.165) is 5.56 Å². The van der Waals surface area contributed by atoms with E-state index in [1.165, 1.54) is 52.8 Å². The molecule has 1 aliphatic rings. The van der Waals surface area contributed by atoms with Gasteiger partial charge < -0.3 is 9.26 Å². The van der Waals surface area contributed by atoms with Gasteiger partial charge in [-0.25, -0.2) is 17.6 Å². The summed E-state index contributed by atoms with van der Waals surface area (Å²) in [5, 5.41) is 3.79. The van der Waals surface area contributed by atoms with Crippen LogP contribution in [0.4, 0.5) is 10.1 Å². The van der Waals surface area contributed by atoms with Crippen LogP contribution < -0.4 is 4.31 Å². The van der Waals surface area contributed by atoms with Crippen LogP contribution in [0.15, 0.2) is 82.2 Å². The molecule has 0 spiro atoms. The van der Waals surface area contributed by atoms with Crippen LogP contribution >= 0.6 is 0 Å². The molecule has 1 aliphatic heterocycles. The average Bonchev–Trinajstić information content (AvgIpc) is 3.51. The van der Waals surface area contributed by atoms with Gasteiger partial charge in [0.2, 0.25) is 5.82 Å². The van der Waals surface area contributed by atoms with E-state index in [2.05, 4.69) is 10.1 Å². The monoisotopic (exact) mass is 479 g/mol. The maximum absolute atomic E-state index is 13.2. The molecule has 0 radical (unpaired) electrons. The lowest BCUT2D eigenvalue weighted by atomic mass is 10.2. The van der Waals surface area contributed by atoms with Crippen molar-refractivity contribution in [1.82, 2.24) is 10.1 Å². The van der Waals surface area contributed by atoms with Gasteiger partial charge in [-0.1, -0.05) is 29.4 Å². The van der Waals surface area contributed by atoms with Crippen LogP contribution in [0.1, 0.15) is 21.8 Å². The summed E-state index contributed by atoms with van der Waals surface area (Å²) < 4.78 is 51.2. The van der Waals surface area contributed by atoms with Gasteiger partial charge in [-0.2, -0.15) is 4.98 Å². The zero-order chi connectivity index (χ0) is 23.7. The number of esters is 1. The minimum absolute atomic E-state index is 0.00459. The maximum atomic E-state index is 13.2. The Hall–Kier alpha value is -4.05. The SMILES string of the molecule is O=C(OCc1nc(-c2ccc(F)cc2)no1)c1cccc(S(=O)(=O)N2CCc3ccccc32)c1. The molecule has 5 rings (SSSR count). The molecule has 2 heterocycles. The van der Waals surface area contributed by atoms with Crippen molar-refractivity contribution in [2.45, 2.75) is 17.9 Å². The van der Waals surface area contributed by atoms with Crippen molar-refractivity contribution in [3.63, 3.8) is 0 Å². The topological polar surface area (TPSA) is 103 Å². The number of fused-ring (bicyclic) bond motifs is 1. The minimum Gasteiger partial charge on any atom is -0.452 e. The van der Waals surface area contributed by atoms with E-state index in [1.54, 1.807) is 12.1 Å². The molecule has 1 aromatic heterocycles. The Balaban J connectivity index is 1.29. The number of nitrogens with zero attached hydrogens (tertiary/aromatic N) is 3. The van der Waals surface area contributed by atoms with Crippen LogP contribution in [0, 0.1) is 5.82 Å². The molecule has 0 saturated heterocycles. The lowest BCUT2D eigenvalue weighted by Gasteiger charge is -2.19. The number of halogens is 1. The highest BCUT2D eigenvalue weighted by Crippen LogP contribution is 2.32. The summed E-state index contributed by atoms with van der Waals surface area (Å²) >= 11 is 0. The lowest BCUT2D eigenvalue weighted by Crippen LogP contribution is -2.29. The second-order valence-corrected chi connectivity index (χ2v) is 9.44. The fraction of sp³-hybridized carbons (Fsp3) is 0.125. The highest BCUT2D eigenvalue weighted by molar-refractivity contribution is 7.92. The van der Waals surface area contributed by atoms with Crippen molar-refractivity contribution in [3.05, 3.63) is 95.6 Å². The standard InChI is InChI=1S/C24H18FN3O5S/c25-19-10-8-17(9-11-19)23-26-22(33-27-23)15-32-24(29)18-5-3-6-20(14-18)34(30,31)28-13-12-16-4-1-2-7-21(16)28/h1-11,14H,12-13,15H2. The summed E-state index contributed by atoms with van der Waals surface area (Å²) in [6, 6.07) is 18.6. The van der Waals surface area contributed by atoms with Gasteiger partial charge in [-0.3, -0.25) is 4.31 Å². The Morgan fingerprint density at radius 1 is 1.06 bits per heavy atom. The van der Waals surface area contributed by atoms with Gasteiger partial charge in [-0.05, 0) is 60.5 Å². The van der Waals surface area contributed by atoms with Gasteiger partial charge in [0.15, 0.2) is 6.61 Å². The number of ether oxygens (including phenoxy) is 1. The van der Waals surface area contributed by atoms with Crippen molar-refractivity contribution < 1.29 is 26.9 Å². The Labute approximate surface area is 194 Å². The number of hydrogen-bond donors (Lipinski definition) is 0. The van der Waals surface area contributed by atoms with Crippen LogP contribution in [0.2, 0.25) is 0 Å². The number of carbonyl (C=O) groups excluding carboxylic acids is 1. The van der Waals surface area contributed by atoms with Gasteiger partial charge in [0, 0.05) is 12.1 Å². The first-order valence-corrected chi connectivity index (χ1v) is 11.8. The first-order chi connectivity index (χ1) is 16.4. The number of carbonyl (C=O) groups is 1. The van der Waals surface area contributed by atoms with Crippen LogP contribution in [0.25, 0.3) is 11.4 Å². The van der Waals surface area contributed by atoms with E-state index in [1.807, 2.05) is 12.1 Å². The second-order valence-electron chi connectivity index (χ2n) is 7.58. The molecule has 172 valence electrons. The first kappa shape index (κ1) is 21.8. The third kappa shape index (κ3) is 4.15. The van der Waals surface area contributed by atoms with E-state index in [0.29, 0.717) is 24.2 Å². The summed E-state index contributed by atoms with van der Waals surface area (Å²) in [4.78, 5) is 16.7. The Morgan fingerprint density at radius 2 is 1.85 bits per heavy atom. The van der Waals surface area contributed by atoms with Gasteiger partial charge in [0.1, 0.15) is 5.82 Å². The van der Waals surface area contributed by atoms with Crippen LogP contribution in [0.3, 0.4) is 0 Å². The smallest absolute Gasteiger partial charge is 0.338 e. The lowest BCUT2D eigenvalue weighted by molar-refractivity contribution is 0.0429. The van der Waals surface area contributed by atoms with Crippen molar-refractivity contribution in [2.75, 3.05) is 10.8 Å². The van der Waals surface area contributed by atoms with Crippen LogP contribution in [0.5, 0.6) is 0 Å². The molecule has 0 fully saturated rings. The molecule has 8 nitrogen and oxygen atoms in total. The highest BCUT2D eigenvalue weighted by Gasteiger charge is 2.31. The molecular formula is C24H18FN3O5S. The molecule has 0 bridgehead atoms. The molecule has 3 aromatic carbocycles. The summed E-state index contributed by atoms with van der Waals surface area (Å²) in [6.07, 6.45) is 0.626. The molecule has 4 aromatic rings. The summed E-state index contributed by atoms with van der Waals surface area (Å²) in [7, 11) is -3.85. The van der Waals surface area contributed by atoms with Gasteiger partial charge in [-0.15, -0.1) is 0 Å². The molecular weight excluding hydrogens is 461 g/mol. The van der Waals surface area contributed by atoms with Crippen molar-refractivity contribution >= 4 is 21.7 Å². The molecule has 0 aliphatic carbocycles. The fourth-order valence-electron chi connectivity index (χ4n) is 3.71. The number of sulfonamides is 1. The number of para-hydroxylation sites is 1. The number of rotatable bonds is 6. The van der Waals surface area contributed by atoms with Gasteiger partial charge >= 0.3 is 5.97 Å². The third-order valence-corrected chi connectivity index (χ3v) is 7.21. The quantitative estimate of drug-likeness (QED) is 0.385. The van der Waals surface area contributed by atoms with Crippen LogP contribution in [-0.2, 0) is 27.8 Å². The van der Waals surface area contributed by atoms with E-state index in [4.69, 9.17) is 9.26 Å².